The highest BCUT2D eigenvalue weighted by Gasteiger charge is 2.35. The van der Waals surface area contributed by atoms with Gasteiger partial charge in [0.25, 0.3) is 0 Å². The fraction of sp³-hybridized carbons (Fsp3) is 0.913. The second-order valence-corrected chi connectivity index (χ2v) is 20.4. The van der Waals surface area contributed by atoms with Gasteiger partial charge in [-0.15, -0.1) is 0 Å². The van der Waals surface area contributed by atoms with Crippen molar-refractivity contribution in [2.24, 2.45) is 11.8 Å². The van der Waals surface area contributed by atoms with Crippen molar-refractivity contribution in [3.05, 3.63) is 0 Å². The first-order valence-electron chi connectivity index (χ1n) is 23.8. The van der Waals surface area contributed by atoms with Gasteiger partial charge in [-0.25, -0.2) is 4.79 Å². The van der Waals surface area contributed by atoms with Gasteiger partial charge in [-0.3, -0.25) is 14.4 Å². The topological polar surface area (TPSA) is 139 Å². The molecule has 0 aromatic carbocycles. The fourth-order valence-electron chi connectivity index (χ4n) is 7.79. The Morgan fingerprint density at radius 2 is 0.898 bits per heavy atom. The first-order valence-corrected chi connectivity index (χ1v) is 27.3. The molecule has 0 aliphatic carbocycles. The third-order valence-corrected chi connectivity index (χ3v) is 14.7. The molecule has 10 nitrogen and oxygen atoms in total. The van der Waals surface area contributed by atoms with Crippen LogP contribution in [0.5, 0.6) is 0 Å². The van der Waals surface area contributed by atoms with E-state index in [1.807, 2.05) is 35.3 Å². The van der Waals surface area contributed by atoms with Gasteiger partial charge in [0.15, 0.2) is 0 Å². The highest BCUT2D eigenvalue weighted by molar-refractivity contribution is 7.99. The van der Waals surface area contributed by atoms with Gasteiger partial charge < -0.3 is 30.0 Å². The quantitative estimate of drug-likeness (QED) is 0.0554. The third-order valence-electron chi connectivity index (χ3n) is 11.6. The predicted octanol–water partition coefficient (Wildman–Crippen LogP) is 10.5. The van der Waals surface area contributed by atoms with Crippen molar-refractivity contribution in [3.8, 4) is 0 Å². The molecule has 3 aliphatic heterocycles. The number of amides is 1. The molecule has 13 heteroatoms. The first kappa shape index (κ1) is 55.9. The monoisotopic (exact) mass is 890 g/mol. The highest BCUT2D eigenvalue weighted by Crippen LogP contribution is 2.21. The van der Waals surface area contributed by atoms with Gasteiger partial charge >= 0.3 is 17.9 Å². The van der Waals surface area contributed by atoms with Gasteiger partial charge in [0, 0.05) is 56.4 Å². The number of thioether (sulfide) groups is 3. The summed E-state index contributed by atoms with van der Waals surface area (Å²) in [6.07, 6.45) is 27.6. The molecule has 3 saturated heterocycles. The Morgan fingerprint density at radius 1 is 0.508 bits per heavy atom. The number of carbonyl (C=O) groups excluding carboxylic acids is 1. The average Bonchev–Trinajstić information content (AvgIpc) is 3.61. The lowest BCUT2D eigenvalue weighted by atomic mass is 9.98. The van der Waals surface area contributed by atoms with Crippen LogP contribution in [0.4, 0.5) is 0 Å². The number of hydrogen-bond acceptors (Lipinski definition) is 9. The van der Waals surface area contributed by atoms with E-state index in [1.165, 1.54) is 126 Å². The van der Waals surface area contributed by atoms with Crippen LogP contribution in [0.25, 0.3) is 0 Å². The molecule has 0 radical (unpaired) electrons. The van der Waals surface area contributed by atoms with Crippen molar-refractivity contribution in [2.45, 2.75) is 174 Å². The van der Waals surface area contributed by atoms with Crippen molar-refractivity contribution in [1.29, 1.82) is 0 Å². The third kappa shape index (κ3) is 29.7. The van der Waals surface area contributed by atoms with Crippen molar-refractivity contribution < 1.29 is 34.5 Å². The number of hydrogen-bond donors (Lipinski definition) is 3. The van der Waals surface area contributed by atoms with Crippen LogP contribution in [0.3, 0.4) is 0 Å². The molecule has 3 rings (SSSR count). The predicted molar refractivity (Wildman–Crippen MR) is 253 cm³/mol. The van der Waals surface area contributed by atoms with Crippen LogP contribution < -0.4 is 0 Å². The Balaban J connectivity index is 0.000000452. The van der Waals surface area contributed by atoms with Crippen LogP contribution in [0.1, 0.15) is 168 Å². The molecule has 3 heterocycles. The summed E-state index contributed by atoms with van der Waals surface area (Å²) in [6, 6.07) is -0.586. The number of likely N-dealkylation sites (tertiary alicyclic amines) is 3. The van der Waals surface area contributed by atoms with Crippen molar-refractivity contribution in [2.75, 3.05) is 80.3 Å². The smallest absolute Gasteiger partial charge is 0.326 e. The molecule has 0 aromatic rings. The lowest BCUT2D eigenvalue weighted by molar-refractivity contribution is -0.146. The van der Waals surface area contributed by atoms with Crippen LogP contribution >= 0.6 is 35.3 Å². The van der Waals surface area contributed by atoms with Gasteiger partial charge in [0.05, 0.1) is 11.8 Å². The summed E-state index contributed by atoms with van der Waals surface area (Å²) >= 11 is 5.86. The molecule has 0 aromatic heterocycles. The molecule has 3 atom stereocenters. The Labute approximate surface area is 373 Å². The summed E-state index contributed by atoms with van der Waals surface area (Å²) in [6.45, 7) is 13.1. The first-order chi connectivity index (χ1) is 28.6. The van der Waals surface area contributed by atoms with Crippen LogP contribution in [0.2, 0.25) is 0 Å². The minimum atomic E-state index is -0.865. The molecule has 346 valence electrons. The van der Waals surface area contributed by atoms with Gasteiger partial charge in [-0.1, -0.05) is 111 Å². The molecule has 59 heavy (non-hydrogen) atoms. The zero-order chi connectivity index (χ0) is 43.4. The van der Waals surface area contributed by atoms with E-state index in [2.05, 4.69) is 30.6 Å². The molecule has 3 fully saturated rings. The van der Waals surface area contributed by atoms with Gasteiger partial charge in [0.2, 0.25) is 5.91 Å². The summed E-state index contributed by atoms with van der Waals surface area (Å²) in [5.74, 6) is 4.41. The molecule has 3 unspecified atom stereocenters. The highest BCUT2D eigenvalue weighted by atomic mass is 32.2. The molecular weight excluding hydrogens is 803 g/mol. The van der Waals surface area contributed by atoms with Crippen LogP contribution in [-0.4, -0.2) is 140 Å². The standard InChI is InChI=1S/C20H39NO2S.C14H25NO3S.C12H23NO2S/c1-2-3-4-5-6-7-8-9-10-11-16-24-17-15-21-14-12-13-19(18-21)20(22)23;1-2-3-4-5-6-10-19-11-9-15-12(14(17)18)7-8-13(15)16;1-2-3-8-16-9-7-13-6-4-5-11(10-13)12(14)15/h19H,2-18H2,1H3,(H,22,23);12H,2-11H2,1H3,(H,17,18);11H,2-10H2,1H3,(H,14,15). The SMILES string of the molecule is CCCCCCCCCCCCSCCN1CCCC(C(=O)O)C1.CCCCCCCSCCN1C(=O)CCC1C(=O)O.CCCCSCCN1CCCC(C(=O)O)C1. The molecule has 3 aliphatic rings. The lowest BCUT2D eigenvalue weighted by Crippen LogP contribution is -2.39. The molecule has 3 N–H and O–H groups in total. The summed E-state index contributed by atoms with van der Waals surface area (Å²) in [7, 11) is 0. The number of nitrogens with zero attached hydrogens (tertiary/aromatic N) is 3. The maximum absolute atomic E-state index is 11.6. The number of unbranched alkanes of at least 4 members (excludes halogenated alkanes) is 14. The van der Waals surface area contributed by atoms with Crippen LogP contribution in [0.15, 0.2) is 0 Å². The summed E-state index contributed by atoms with van der Waals surface area (Å²) in [4.78, 5) is 50.7. The minimum absolute atomic E-state index is 0.00375. The van der Waals surface area contributed by atoms with Crippen molar-refractivity contribution >= 4 is 59.1 Å². The second-order valence-electron chi connectivity index (χ2n) is 16.7. The molecule has 1 amide bonds. The van der Waals surface area contributed by atoms with E-state index in [0.29, 0.717) is 19.4 Å². The van der Waals surface area contributed by atoms with Crippen LogP contribution in [0, 0.1) is 11.8 Å². The van der Waals surface area contributed by atoms with E-state index in [-0.39, 0.29) is 17.7 Å². The van der Waals surface area contributed by atoms with E-state index in [9.17, 15) is 19.2 Å². The lowest BCUT2D eigenvalue weighted by Gasteiger charge is -2.30. The number of carboxylic acid groups (broad SMARTS) is 3. The van der Waals surface area contributed by atoms with E-state index >= 15 is 0 Å². The van der Waals surface area contributed by atoms with Crippen molar-refractivity contribution in [3.63, 3.8) is 0 Å². The van der Waals surface area contributed by atoms with Gasteiger partial charge in [-0.05, 0) is 81.7 Å². The zero-order valence-electron chi connectivity index (χ0n) is 37.7. The fourth-order valence-corrected chi connectivity index (χ4v) is 10.8. The van der Waals surface area contributed by atoms with Gasteiger partial charge in [0.1, 0.15) is 6.04 Å². The van der Waals surface area contributed by atoms with E-state index in [4.69, 9.17) is 15.3 Å². The number of rotatable bonds is 32. The minimum Gasteiger partial charge on any atom is -0.481 e. The van der Waals surface area contributed by atoms with E-state index in [1.54, 1.807) is 0 Å². The van der Waals surface area contributed by atoms with Crippen LogP contribution in [-0.2, 0) is 19.2 Å². The number of carboxylic acids is 3. The number of carbonyl (C=O) groups is 4. The Kier molecular flexibility index (Phi) is 36.5. The largest absolute Gasteiger partial charge is 0.481 e. The van der Waals surface area contributed by atoms with E-state index in [0.717, 1.165) is 88.0 Å². The average molecular weight is 890 g/mol. The van der Waals surface area contributed by atoms with E-state index < -0.39 is 23.9 Å². The Bertz CT molecular complexity index is 1070. The number of piperidine rings is 2. The molecule has 0 saturated carbocycles. The zero-order valence-corrected chi connectivity index (χ0v) is 40.2. The summed E-state index contributed by atoms with van der Waals surface area (Å²) in [5.41, 5.74) is 0. The maximum Gasteiger partial charge on any atom is 0.326 e. The molecule has 0 spiro atoms. The Morgan fingerprint density at radius 3 is 1.31 bits per heavy atom. The van der Waals surface area contributed by atoms with Gasteiger partial charge in [-0.2, -0.15) is 35.3 Å². The summed E-state index contributed by atoms with van der Waals surface area (Å²) < 4.78 is 0. The summed E-state index contributed by atoms with van der Waals surface area (Å²) in [5, 5.41) is 27.1. The van der Waals surface area contributed by atoms with Crippen molar-refractivity contribution in [1.82, 2.24) is 14.7 Å². The maximum atomic E-state index is 11.6. The Hall–Kier alpha value is -1.15. The molecular formula is C46H87N3O7S3. The second kappa shape index (κ2) is 38.5. The molecule has 0 bridgehead atoms. The normalized spacial score (nSPS) is 19.8. The number of aliphatic carboxylic acids is 3.